The highest BCUT2D eigenvalue weighted by Gasteiger charge is 2.08. The van der Waals surface area contributed by atoms with Crippen molar-refractivity contribution < 1.29 is 0 Å². The summed E-state index contributed by atoms with van der Waals surface area (Å²) in [6, 6.07) is 29.7. The Kier molecular flexibility index (Phi) is 4.92. The largest absolute Gasteiger partial charge is 0.363 e. The van der Waals surface area contributed by atoms with Crippen LogP contribution in [0.2, 0.25) is 0 Å². The Hall–Kier alpha value is -2.06. The molecule has 0 spiro atoms. The molecule has 0 aliphatic carbocycles. The Morgan fingerprint density at radius 1 is 0.591 bits per heavy atom. The van der Waals surface area contributed by atoms with E-state index in [1.807, 2.05) is 0 Å². The van der Waals surface area contributed by atoms with Crippen LogP contribution in [0.4, 0.5) is 5.69 Å². The van der Waals surface area contributed by atoms with Gasteiger partial charge in [-0.25, -0.2) is 0 Å². The fraction of sp³-hybridized carbons (Fsp3) is 0.100. The van der Waals surface area contributed by atoms with E-state index < -0.39 is 0 Å². The maximum absolute atomic E-state index is 3.50. The van der Waals surface area contributed by atoms with Crippen LogP contribution in [0.1, 0.15) is 11.1 Å². The molecule has 110 valence electrons. The highest BCUT2D eigenvalue weighted by Crippen LogP contribution is 2.20. The minimum absolute atomic E-state index is 0.895. The van der Waals surface area contributed by atoms with Crippen molar-refractivity contribution in [3.63, 3.8) is 0 Å². The van der Waals surface area contributed by atoms with Crippen LogP contribution >= 0.6 is 15.9 Å². The second kappa shape index (κ2) is 7.28. The Labute approximate surface area is 140 Å². The third-order valence-electron chi connectivity index (χ3n) is 3.62. The van der Waals surface area contributed by atoms with Crippen LogP contribution in [0.15, 0.2) is 89.4 Å². The standard InChI is InChI=1S/C20H18BrN/c21-19-13-11-18(12-14-19)16-22(20-9-5-2-6-10-20)15-17-7-3-1-4-8-17/h1-14H,15-16H2. The topological polar surface area (TPSA) is 3.24 Å². The number of hydrogen-bond donors (Lipinski definition) is 0. The SMILES string of the molecule is Brc1ccc(CN(Cc2ccccc2)c2ccccc2)cc1. The zero-order valence-electron chi connectivity index (χ0n) is 12.3. The third kappa shape index (κ3) is 3.99. The van der Waals surface area contributed by atoms with Crippen molar-refractivity contribution in [1.29, 1.82) is 0 Å². The zero-order valence-corrected chi connectivity index (χ0v) is 13.9. The average molecular weight is 352 g/mol. The average Bonchev–Trinajstić information content (AvgIpc) is 2.58. The van der Waals surface area contributed by atoms with Gasteiger partial charge in [0.1, 0.15) is 0 Å². The summed E-state index contributed by atoms with van der Waals surface area (Å²) in [5.41, 5.74) is 3.88. The van der Waals surface area contributed by atoms with Gasteiger partial charge in [0, 0.05) is 23.2 Å². The van der Waals surface area contributed by atoms with Gasteiger partial charge in [-0.2, -0.15) is 0 Å². The van der Waals surface area contributed by atoms with Crippen LogP contribution in [-0.2, 0) is 13.1 Å². The first-order valence-electron chi connectivity index (χ1n) is 7.39. The van der Waals surface area contributed by atoms with Crippen LogP contribution in [-0.4, -0.2) is 0 Å². The number of rotatable bonds is 5. The van der Waals surface area contributed by atoms with E-state index in [0.29, 0.717) is 0 Å². The van der Waals surface area contributed by atoms with E-state index in [1.165, 1.54) is 16.8 Å². The highest BCUT2D eigenvalue weighted by atomic mass is 79.9. The molecule has 0 heterocycles. The Morgan fingerprint density at radius 2 is 1.09 bits per heavy atom. The van der Waals surface area contributed by atoms with Crippen molar-refractivity contribution in [2.24, 2.45) is 0 Å². The fourth-order valence-corrected chi connectivity index (χ4v) is 2.76. The van der Waals surface area contributed by atoms with E-state index in [-0.39, 0.29) is 0 Å². The quantitative estimate of drug-likeness (QED) is 0.573. The van der Waals surface area contributed by atoms with Gasteiger partial charge in [0.15, 0.2) is 0 Å². The minimum Gasteiger partial charge on any atom is -0.363 e. The molecule has 0 fully saturated rings. The van der Waals surface area contributed by atoms with E-state index in [9.17, 15) is 0 Å². The van der Waals surface area contributed by atoms with Crippen LogP contribution in [0.5, 0.6) is 0 Å². The van der Waals surface area contributed by atoms with Gasteiger partial charge in [-0.15, -0.1) is 0 Å². The summed E-state index contributed by atoms with van der Waals surface area (Å²) in [6.45, 7) is 1.80. The lowest BCUT2D eigenvalue weighted by atomic mass is 10.1. The molecular formula is C20H18BrN. The van der Waals surface area contributed by atoms with Crippen LogP contribution in [0, 0.1) is 0 Å². The molecule has 0 atom stereocenters. The zero-order chi connectivity index (χ0) is 15.2. The third-order valence-corrected chi connectivity index (χ3v) is 4.15. The Balaban J connectivity index is 1.84. The molecule has 3 rings (SSSR count). The van der Waals surface area contributed by atoms with Crippen LogP contribution < -0.4 is 4.90 Å². The highest BCUT2D eigenvalue weighted by molar-refractivity contribution is 9.10. The molecule has 0 unspecified atom stereocenters. The van der Waals surface area contributed by atoms with Gasteiger partial charge in [-0.1, -0.05) is 76.6 Å². The monoisotopic (exact) mass is 351 g/mol. The predicted molar refractivity (Wildman–Crippen MR) is 96.9 cm³/mol. The molecule has 0 aliphatic heterocycles. The lowest BCUT2D eigenvalue weighted by Gasteiger charge is -2.25. The van der Waals surface area contributed by atoms with E-state index in [0.717, 1.165) is 17.6 Å². The molecule has 3 aromatic rings. The second-order valence-corrected chi connectivity index (χ2v) is 6.22. The first kappa shape index (κ1) is 14.9. The molecule has 0 bridgehead atoms. The van der Waals surface area contributed by atoms with Gasteiger partial charge in [0.2, 0.25) is 0 Å². The van der Waals surface area contributed by atoms with Gasteiger partial charge in [-0.3, -0.25) is 0 Å². The summed E-state index contributed by atoms with van der Waals surface area (Å²) >= 11 is 3.50. The summed E-state index contributed by atoms with van der Waals surface area (Å²) in [6.07, 6.45) is 0. The number of anilines is 1. The molecule has 0 N–H and O–H groups in total. The maximum atomic E-state index is 3.50. The van der Waals surface area contributed by atoms with Crippen molar-refractivity contribution >= 4 is 21.6 Å². The molecule has 22 heavy (non-hydrogen) atoms. The number of para-hydroxylation sites is 1. The number of hydrogen-bond acceptors (Lipinski definition) is 1. The summed E-state index contributed by atoms with van der Waals surface area (Å²) in [7, 11) is 0. The molecule has 0 aromatic heterocycles. The van der Waals surface area contributed by atoms with Crippen LogP contribution in [0.3, 0.4) is 0 Å². The lowest BCUT2D eigenvalue weighted by molar-refractivity contribution is 0.800. The first-order chi connectivity index (χ1) is 10.8. The lowest BCUT2D eigenvalue weighted by Crippen LogP contribution is -2.21. The molecule has 3 aromatic carbocycles. The summed E-state index contributed by atoms with van der Waals surface area (Å²) in [5.74, 6) is 0. The Morgan fingerprint density at radius 3 is 1.68 bits per heavy atom. The number of benzene rings is 3. The maximum Gasteiger partial charge on any atom is 0.0433 e. The molecular weight excluding hydrogens is 334 g/mol. The van der Waals surface area contributed by atoms with Crippen molar-refractivity contribution in [3.05, 3.63) is 101 Å². The molecule has 1 nitrogen and oxygen atoms in total. The molecule has 0 saturated heterocycles. The van der Waals surface area contributed by atoms with Crippen molar-refractivity contribution in [1.82, 2.24) is 0 Å². The van der Waals surface area contributed by atoms with Gasteiger partial charge in [0.25, 0.3) is 0 Å². The van der Waals surface area contributed by atoms with E-state index in [2.05, 4.69) is 106 Å². The first-order valence-corrected chi connectivity index (χ1v) is 8.19. The van der Waals surface area contributed by atoms with Gasteiger partial charge in [0.05, 0.1) is 0 Å². The normalized spacial score (nSPS) is 10.4. The van der Waals surface area contributed by atoms with Crippen molar-refractivity contribution in [3.8, 4) is 0 Å². The molecule has 2 heteroatoms. The van der Waals surface area contributed by atoms with Gasteiger partial charge in [-0.05, 0) is 35.4 Å². The van der Waals surface area contributed by atoms with E-state index >= 15 is 0 Å². The second-order valence-electron chi connectivity index (χ2n) is 5.30. The van der Waals surface area contributed by atoms with Crippen molar-refractivity contribution in [2.45, 2.75) is 13.1 Å². The number of halogens is 1. The van der Waals surface area contributed by atoms with Gasteiger partial charge < -0.3 is 4.90 Å². The smallest absolute Gasteiger partial charge is 0.0433 e. The van der Waals surface area contributed by atoms with Gasteiger partial charge >= 0.3 is 0 Å². The summed E-state index contributed by atoms with van der Waals surface area (Å²) in [4.78, 5) is 2.40. The summed E-state index contributed by atoms with van der Waals surface area (Å²) < 4.78 is 1.12. The molecule has 0 saturated carbocycles. The van der Waals surface area contributed by atoms with E-state index in [4.69, 9.17) is 0 Å². The summed E-state index contributed by atoms with van der Waals surface area (Å²) in [5, 5.41) is 0. The Bertz CT molecular complexity index is 693. The van der Waals surface area contributed by atoms with E-state index in [1.54, 1.807) is 0 Å². The number of nitrogens with zero attached hydrogens (tertiary/aromatic N) is 1. The van der Waals surface area contributed by atoms with Crippen LogP contribution in [0.25, 0.3) is 0 Å². The molecule has 0 aliphatic rings. The minimum atomic E-state index is 0.895. The fourth-order valence-electron chi connectivity index (χ4n) is 2.49. The molecule has 0 radical (unpaired) electrons. The molecule has 0 amide bonds. The van der Waals surface area contributed by atoms with Crippen molar-refractivity contribution in [2.75, 3.05) is 4.90 Å². The predicted octanol–water partition coefficient (Wildman–Crippen LogP) is 5.66.